The van der Waals surface area contributed by atoms with Crippen LogP contribution in [-0.4, -0.2) is 41.2 Å². The van der Waals surface area contributed by atoms with E-state index in [1.54, 1.807) is 49.3 Å². The highest BCUT2D eigenvalue weighted by atomic mass is 35.5. The van der Waals surface area contributed by atoms with E-state index in [2.05, 4.69) is 10.3 Å². The number of ketones is 1. The zero-order valence-electron chi connectivity index (χ0n) is 14.6. The van der Waals surface area contributed by atoms with Crippen molar-refractivity contribution in [3.63, 3.8) is 0 Å². The molecule has 2 aromatic carbocycles. The van der Waals surface area contributed by atoms with Crippen LogP contribution in [0.4, 0.5) is 5.69 Å². The van der Waals surface area contributed by atoms with Crippen LogP contribution in [0.5, 0.6) is 0 Å². The Morgan fingerprint density at radius 2 is 1.85 bits per heavy atom. The van der Waals surface area contributed by atoms with Crippen molar-refractivity contribution >= 4 is 39.9 Å². The lowest BCUT2D eigenvalue weighted by atomic mass is 10.0. The van der Waals surface area contributed by atoms with Gasteiger partial charge in [0.05, 0.1) is 23.3 Å². The van der Waals surface area contributed by atoms with Gasteiger partial charge in [0.1, 0.15) is 0 Å². The van der Waals surface area contributed by atoms with Crippen molar-refractivity contribution in [2.24, 2.45) is 0 Å². The summed E-state index contributed by atoms with van der Waals surface area (Å²) in [5.74, 6) is -0.255. The fourth-order valence-corrected chi connectivity index (χ4v) is 3.00. The Balaban J connectivity index is 1.67. The molecule has 26 heavy (non-hydrogen) atoms. The Bertz CT molecular complexity index is 951. The number of para-hydroxylation sites is 2. The van der Waals surface area contributed by atoms with Gasteiger partial charge in [-0.15, -0.1) is 0 Å². The number of nitrogens with zero attached hydrogens (tertiary/aromatic N) is 1. The van der Waals surface area contributed by atoms with Gasteiger partial charge in [-0.2, -0.15) is 0 Å². The lowest BCUT2D eigenvalue weighted by Gasteiger charge is -2.23. The molecule has 0 unspecified atom stereocenters. The number of Topliss-reactive ketones (excluding diaryl/α,β-unsaturated/α-hetero) is 1. The molecule has 6 heteroatoms. The van der Waals surface area contributed by atoms with Gasteiger partial charge < -0.3 is 10.3 Å². The van der Waals surface area contributed by atoms with Crippen molar-refractivity contribution in [3.05, 3.63) is 65.3 Å². The third-order valence-electron chi connectivity index (χ3n) is 4.44. The predicted molar refractivity (Wildman–Crippen MR) is 105 cm³/mol. The number of nitrogens with one attached hydrogen (secondary N) is 2. The second-order valence-electron chi connectivity index (χ2n) is 6.23. The van der Waals surface area contributed by atoms with Crippen LogP contribution in [0.3, 0.4) is 0 Å². The van der Waals surface area contributed by atoms with Crippen LogP contribution in [0.2, 0.25) is 5.02 Å². The number of anilines is 1. The Labute approximate surface area is 157 Å². The van der Waals surface area contributed by atoms with Gasteiger partial charge in [0, 0.05) is 22.7 Å². The fourth-order valence-electron chi connectivity index (χ4n) is 2.82. The number of amides is 1. The van der Waals surface area contributed by atoms with E-state index >= 15 is 0 Å². The maximum absolute atomic E-state index is 12.8. The summed E-state index contributed by atoms with van der Waals surface area (Å²) in [6, 6.07) is 14.3. The van der Waals surface area contributed by atoms with Gasteiger partial charge in [-0.05, 0) is 32.2 Å². The Hall–Kier alpha value is -2.63. The zero-order chi connectivity index (χ0) is 18.7. The van der Waals surface area contributed by atoms with Crippen LogP contribution in [0.15, 0.2) is 54.7 Å². The van der Waals surface area contributed by atoms with Crippen LogP contribution >= 0.6 is 11.6 Å². The molecule has 2 N–H and O–H groups in total. The summed E-state index contributed by atoms with van der Waals surface area (Å²) in [7, 11) is 1.75. The number of halogens is 1. The molecule has 0 aliphatic heterocycles. The number of hydrogen-bond donors (Lipinski definition) is 2. The fraction of sp³-hybridized carbons (Fsp3) is 0.200. The SMILES string of the molecule is C[C@@H](C(=O)c1c[nH]c2ccccc12)N(C)CC(=O)Nc1ccccc1Cl. The van der Waals surface area contributed by atoms with Crippen LogP contribution in [-0.2, 0) is 4.79 Å². The van der Waals surface area contributed by atoms with Gasteiger partial charge in [0.25, 0.3) is 0 Å². The average molecular weight is 370 g/mol. The molecular weight excluding hydrogens is 350 g/mol. The second kappa shape index (κ2) is 7.72. The molecule has 1 atom stereocenters. The number of H-pyrrole nitrogens is 1. The van der Waals surface area contributed by atoms with Crippen molar-refractivity contribution in [2.45, 2.75) is 13.0 Å². The van der Waals surface area contributed by atoms with E-state index in [0.717, 1.165) is 10.9 Å². The first-order chi connectivity index (χ1) is 12.5. The first-order valence-electron chi connectivity index (χ1n) is 8.32. The molecular formula is C20H20ClN3O2. The predicted octanol–water partition coefficient (Wildman–Crippen LogP) is 3.96. The molecule has 0 radical (unpaired) electrons. The summed E-state index contributed by atoms with van der Waals surface area (Å²) in [4.78, 5) is 29.9. The third kappa shape index (κ3) is 3.79. The van der Waals surface area contributed by atoms with Crippen molar-refractivity contribution in [1.82, 2.24) is 9.88 Å². The van der Waals surface area contributed by atoms with Crippen LogP contribution in [0.25, 0.3) is 10.9 Å². The van der Waals surface area contributed by atoms with Crippen LogP contribution in [0.1, 0.15) is 17.3 Å². The maximum atomic E-state index is 12.8. The number of fused-ring (bicyclic) bond motifs is 1. The Kier molecular flexibility index (Phi) is 5.40. The summed E-state index contributed by atoms with van der Waals surface area (Å²) < 4.78 is 0. The summed E-state index contributed by atoms with van der Waals surface area (Å²) in [5.41, 5.74) is 2.11. The minimum Gasteiger partial charge on any atom is -0.360 e. The van der Waals surface area contributed by atoms with Crippen LogP contribution < -0.4 is 5.32 Å². The quantitative estimate of drug-likeness (QED) is 0.646. The van der Waals surface area contributed by atoms with Gasteiger partial charge >= 0.3 is 0 Å². The lowest BCUT2D eigenvalue weighted by molar-refractivity contribution is -0.117. The molecule has 0 fully saturated rings. The molecule has 134 valence electrons. The molecule has 0 bridgehead atoms. The monoisotopic (exact) mass is 369 g/mol. The summed E-state index contributed by atoms with van der Waals surface area (Å²) in [6.45, 7) is 1.88. The van der Waals surface area contributed by atoms with Gasteiger partial charge in [-0.1, -0.05) is 41.9 Å². The number of likely N-dealkylation sites (N-methyl/N-ethyl adjacent to an activating group) is 1. The van der Waals surface area contributed by atoms with Gasteiger partial charge in [-0.25, -0.2) is 0 Å². The summed E-state index contributed by atoms with van der Waals surface area (Å²) in [6.07, 6.45) is 1.72. The molecule has 3 aromatic rings. The summed E-state index contributed by atoms with van der Waals surface area (Å²) >= 11 is 6.05. The highest BCUT2D eigenvalue weighted by molar-refractivity contribution is 6.33. The topological polar surface area (TPSA) is 65.2 Å². The standard InChI is InChI=1S/C20H20ClN3O2/c1-13(20(26)15-11-22-17-9-5-3-7-14(15)17)24(2)12-19(25)23-18-10-6-4-8-16(18)21/h3-11,13,22H,12H2,1-2H3,(H,23,25)/t13-/m0/s1. The van der Waals surface area contributed by atoms with Gasteiger partial charge in [-0.3, -0.25) is 14.5 Å². The van der Waals surface area contributed by atoms with Gasteiger partial charge in [0.2, 0.25) is 5.91 Å². The number of carbonyl (C=O) groups is 2. The van der Waals surface area contributed by atoms with E-state index in [1.165, 1.54) is 0 Å². The minimum atomic E-state index is -0.439. The van der Waals surface area contributed by atoms with Crippen molar-refractivity contribution in [1.29, 1.82) is 0 Å². The number of rotatable bonds is 6. The molecule has 5 nitrogen and oxygen atoms in total. The smallest absolute Gasteiger partial charge is 0.238 e. The maximum Gasteiger partial charge on any atom is 0.238 e. The van der Waals surface area contributed by atoms with E-state index in [9.17, 15) is 9.59 Å². The third-order valence-corrected chi connectivity index (χ3v) is 4.77. The van der Waals surface area contributed by atoms with Crippen molar-refractivity contribution in [3.8, 4) is 0 Å². The van der Waals surface area contributed by atoms with Gasteiger partial charge in [0.15, 0.2) is 5.78 Å². The van der Waals surface area contributed by atoms with Crippen LogP contribution in [0, 0.1) is 0 Å². The number of aromatic amines is 1. The van der Waals surface area contributed by atoms with Crippen molar-refractivity contribution in [2.75, 3.05) is 18.9 Å². The normalized spacial score (nSPS) is 12.3. The van der Waals surface area contributed by atoms with E-state index in [-0.39, 0.29) is 18.2 Å². The van der Waals surface area contributed by atoms with E-state index in [1.807, 2.05) is 24.3 Å². The molecule has 0 saturated carbocycles. The zero-order valence-corrected chi connectivity index (χ0v) is 15.4. The molecule has 1 aromatic heterocycles. The number of hydrogen-bond acceptors (Lipinski definition) is 3. The highest BCUT2D eigenvalue weighted by Crippen LogP contribution is 2.21. The first kappa shape index (κ1) is 18.2. The molecule has 1 heterocycles. The number of benzene rings is 2. The summed E-state index contributed by atoms with van der Waals surface area (Å²) in [5, 5.41) is 4.13. The molecule has 0 aliphatic rings. The minimum absolute atomic E-state index is 0.0320. The first-order valence-corrected chi connectivity index (χ1v) is 8.70. The largest absolute Gasteiger partial charge is 0.360 e. The average Bonchev–Trinajstić information content (AvgIpc) is 3.06. The molecule has 0 aliphatic carbocycles. The van der Waals surface area contributed by atoms with E-state index < -0.39 is 6.04 Å². The molecule has 0 saturated heterocycles. The van der Waals surface area contributed by atoms with E-state index in [0.29, 0.717) is 16.3 Å². The van der Waals surface area contributed by atoms with Crippen molar-refractivity contribution < 1.29 is 9.59 Å². The second-order valence-corrected chi connectivity index (χ2v) is 6.64. The number of aromatic nitrogens is 1. The highest BCUT2D eigenvalue weighted by Gasteiger charge is 2.23. The number of carbonyl (C=O) groups excluding carboxylic acids is 2. The molecule has 1 amide bonds. The lowest BCUT2D eigenvalue weighted by Crippen LogP contribution is -2.40. The molecule has 0 spiro atoms. The Morgan fingerprint density at radius 3 is 2.62 bits per heavy atom. The molecule has 3 rings (SSSR count). The van der Waals surface area contributed by atoms with E-state index in [4.69, 9.17) is 11.6 Å². The Morgan fingerprint density at radius 1 is 1.15 bits per heavy atom.